The predicted octanol–water partition coefficient (Wildman–Crippen LogP) is 3.15. The molecule has 0 aromatic heterocycles. The molecule has 0 aliphatic carbocycles. The molecule has 28 heavy (non-hydrogen) atoms. The molecule has 0 unspecified atom stereocenters. The fraction of sp³-hybridized carbons (Fsp3) is 0.318. The molecule has 1 aliphatic heterocycles. The zero-order valence-corrected chi connectivity index (χ0v) is 16.3. The lowest BCUT2D eigenvalue weighted by atomic mass is 10.1. The molecule has 0 saturated carbocycles. The molecule has 6 nitrogen and oxygen atoms in total. The highest BCUT2D eigenvalue weighted by Gasteiger charge is 2.36. The SMILES string of the molecule is Cc1ccc(N2C[C@@H](C(=O)OCC(=O)Nc3ccccc3C)CC2=O)c(C)c1. The normalized spacial score (nSPS) is 16.2. The molecule has 1 aliphatic rings. The van der Waals surface area contributed by atoms with Crippen LogP contribution in [-0.2, 0) is 19.1 Å². The van der Waals surface area contributed by atoms with E-state index in [4.69, 9.17) is 4.74 Å². The van der Waals surface area contributed by atoms with E-state index in [0.717, 1.165) is 22.4 Å². The number of hydrogen-bond acceptors (Lipinski definition) is 4. The van der Waals surface area contributed by atoms with E-state index in [1.807, 2.05) is 57.2 Å². The van der Waals surface area contributed by atoms with Crippen LogP contribution in [0.4, 0.5) is 11.4 Å². The summed E-state index contributed by atoms with van der Waals surface area (Å²) in [6, 6.07) is 13.2. The fourth-order valence-electron chi connectivity index (χ4n) is 3.36. The van der Waals surface area contributed by atoms with Crippen LogP contribution < -0.4 is 10.2 Å². The Morgan fingerprint density at radius 3 is 2.57 bits per heavy atom. The molecule has 1 saturated heterocycles. The van der Waals surface area contributed by atoms with Gasteiger partial charge in [0.05, 0.1) is 5.92 Å². The monoisotopic (exact) mass is 380 g/mol. The number of hydrogen-bond donors (Lipinski definition) is 1. The average Bonchev–Trinajstić information content (AvgIpc) is 3.03. The number of carbonyl (C=O) groups excluding carboxylic acids is 3. The van der Waals surface area contributed by atoms with E-state index < -0.39 is 17.8 Å². The highest BCUT2D eigenvalue weighted by molar-refractivity contribution is 6.00. The maximum atomic E-state index is 12.4. The van der Waals surface area contributed by atoms with Crippen molar-refractivity contribution in [2.45, 2.75) is 27.2 Å². The third kappa shape index (κ3) is 4.39. The summed E-state index contributed by atoms with van der Waals surface area (Å²) in [4.78, 5) is 38.4. The number of anilines is 2. The highest BCUT2D eigenvalue weighted by Crippen LogP contribution is 2.29. The van der Waals surface area contributed by atoms with Gasteiger partial charge in [-0.05, 0) is 44.0 Å². The van der Waals surface area contributed by atoms with Crippen LogP contribution in [0.5, 0.6) is 0 Å². The lowest BCUT2D eigenvalue weighted by molar-refractivity contribution is -0.151. The highest BCUT2D eigenvalue weighted by atomic mass is 16.5. The van der Waals surface area contributed by atoms with Crippen LogP contribution in [0.3, 0.4) is 0 Å². The second-order valence-electron chi connectivity index (χ2n) is 7.17. The van der Waals surface area contributed by atoms with Gasteiger partial charge >= 0.3 is 5.97 Å². The molecule has 1 fully saturated rings. The Labute approximate surface area is 164 Å². The van der Waals surface area contributed by atoms with Crippen molar-refractivity contribution in [3.8, 4) is 0 Å². The summed E-state index contributed by atoms with van der Waals surface area (Å²) < 4.78 is 5.15. The van der Waals surface area contributed by atoms with Crippen LogP contribution in [0.15, 0.2) is 42.5 Å². The predicted molar refractivity (Wildman–Crippen MR) is 107 cm³/mol. The van der Waals surface area contributed by atoms with Crippen molar-refractivity contribution in [1.82, 2.24) is 0 Å². The van der Waals surface area contributed by atoms with E-state index in [2.05, 4.69) is 5.32 Å². The Bertz CT molecular complexity index is 923. The summed E-state index contributed by atoms with van der Waals surface area (Å²) in [5.41, 5.74) is 4.51. The van der Waals surface area contributed by atoms with Crippen LogP contribution in [0.2, 0.25) is 0 Å². The van der Waals surface area contributed by atoms with Crippen molar-refractivity contribution in [2.75, 3.05) is 23.4 Å². The molecule has 1 N–H and O–H groups in total. The van der Waals surface area contributed by atoms with E-state index in [9.17, 15) is 14.4 Å². The summed E-state index contributed by atoms with van der Waals surface area (Å²) in [6.45, 7) is 5.71. The first-order valence-corrected chi connectivity index (χ1v) is 9.25. The molecular weight excluding hydrogens is 356 g/mol. The number of para-hydroxylation sites is 1. The molecular formula is C22H24N2O4. The van der Waals surface area contributed by atoms with Crippen LogP contribution in [0.25, 0.3) is 0 Å². The van der Waals surface area contributed by atoms with E-state index in [-0.39, 0.29) is 25.5 Å². The molecule has 1 atom stereocenters. The molecule has 2 amide bonds. The molecule has 6 heteroatoms. The van der Waals surface area contributed by atoms with Gasteiger partial charge in [0.25, 0.3) is 5.91 Å². The second-order valence-corrected chi connectivity index (χ2v) is 7.17. The van der Waals surface area contributed by atoms with Gasteiger partial charge in [0.2, 0.25) is 5.91 Å². The second kappa shape index (κ2) is 8.25. The number of nitrogens with zero attached hydrogens (tertiary/aromatic N) is 1. The minimum absolute atomic E-state index is 0.0889. The summed E-state index contributed by atoms with van der Waals surface area (Å²) in [5, 5.41) is 2.72. The van der Waals surface area contributed by atoms with Crippen LogP contribution in [0.1, 0.15) is 23.1 Å². The lowest BCUT2D eigenvalue weighted by Crippen LogP contribution is -2.28. The largest absolute Gasteiger partial charge is 0.455 e. The number of nitrogens with one attached hydrogen (secondary N) is 1. The lowest BCUT2D eigenvalue weighted by Gasteiger charge is -2.19. The number of benzene rings is 2. The fourth-order valence-corrected chi connectivity index (χ4v) is 3.36. The smallest absolute Gasteiger partial charge is 0.311 e. The van der Waals surface area contributed by atoms with Gasteiger partial charge in [-0.2, -0.15) is 0 Å². The Balaban J connectivity index is 1.56. The van der Waals surface area contributed by atoms with Crippen molar-refractivity contribution in [2.24, 2.45) is 5.92 Å². The Hall–Kier alpha value is -3.15. The Morgan fingerprint density at radius 2 is 1.86 bits per heavy atom. The van der Waals surface area contributed by atoms with E-state index in [1.54, 1.807) is 11.0 Å². The number of ether oxygens (including phenoxy) is 1. The van der Waals surface area contributed by atoms with Crippen LogP contribution >= 0.6 is 0 Å². The third-order valence-electron chi connectivity index (χ3n) is 4.87. The van der Waals surface area contributed by atoms with E-state index in [0.29, 0.717) is 5.69 Å². The van der Waals surface area contributed by atoms with Crippen molar-refractivity contribution in [3.05, 3.63) is 59.2 Å². The minimum atomic E-state index is -0.570. The standard InChI is InChI=1S/C22H24N2O4/c1-14-8-9-19(16(3)10-14)24-12-17(11-21(24)26)22(27)28-13-20(25)23-18-7-5-4-6-15(18)2/h4-10,17H,11-13H2,1-3H3,(H,23,25)/t17-/m0/s1. The molecule has 0 bridgehead atoms. The number of aryl methyl sites for hydroxylation is 3. The molecule has 0 radical (unpaired) electrons. The van der Waals surface area contributed by atoms with Crippen LogP contribution in [0, 0.1) is 26.7 Å². The Kier molecular flexibility index (Phi) is 5.78. The van der Waals surface area contributed by atoms with Gasteiger partial charge in [0.15, 0.2) is 6.61 Å². The quantitative estimate of drug-likeness (QED) is 0.809. The molecule has 1 heterocycles. The molecule has 3 rings (SSSR count). The Morgan fingerprint density at radius 1 is 1.11 bits per heavy atom. The van der Waals surface area contributed by atoms with Crippen molar-refractivity contribution < 1.29 is 19.1 Å². The van der Waals surface area contributed by atoms with E-state index in [1.165, 1.54) is 0 Å². The third-order valence-corrected chi connectivity index (χ3v) is 4.87. The summed E-state index contributed by atoms with van der Waals surface area (Å²) in [6.07, 6.45) is 0.0889. The van der Waals surface area contributed by atoms with Crippen molar-refractivity contribution in [1.29, 1.82) is 0 Å². The van der Waals surface area contributed by atoms with Gasteiger partial charge in [0.1, 0.15) is 0 Å². The first-order valence-electron chi connectivity index (χ1n) is 9.25. The number of carbonyl (C=O) groups is 3. The maximum absolute atomic E-state index is 12.4. The first-order chi connectivity index (χ1) is 13.3. The van der Waals surface area contributed by atoms with Gasteiger partial charge < -0.3 is 15.0 Å². The van der Waals surface area contributed by atoms with Gasteiger partial charge in [-0.1, -0.05) is 35.9 Å². The molecule has 146 valence electrons. The number of esters is 1. The summed E-state index contributed by atoms with van der Waals surface area (Å²) in [7, 11) is 0. The number of amides is 2. The molecule has 2 aromatic rings. The first kappa shape index (κ1) is 19.6. The molecule has 0 spiro atoms. The van der Waals surface area contributed by atoms with Crippen molar-refractivity contribution in [3.63, 3.8) is 0 Å². The minimum Gasteiger partial charge on any atom is -0.455 e. The maximum Gasteiger partial charge on any atom is 0.311 e. The van der Waals surface area contributed by atoms with Gasteiger partial charge in [-0.15, -0.1) is 0 Å². The summed E-state index contributed by atoms with van der Waals surface area (Å²) >= 11 is 0. The average molecular weight is 380 g/mol. The van der Waals surface area contributed by atoms with Gasteiger partial charge in [0, 0.05) is 24.3 Å². The van der Waals surface area contributed by atoms with Crippen LogP contribution in [-0.4, -0.2) is 30.9 Å². The zero-order chi connectivity index (χ0) is 20.3. The van der Waals surface area contributed by atoms with Gasteiger partial charge in [-0.25, -0.2) is 0 Å². The van der Waals surface area contributed by atoms with E-state index >= 15 is 0 Å². The topological polar surface area (TPSA) is 75.7 Å². The summed E-state index contributed by atoms with van der Waals surface area (Å²) in [5.74, 6) is -1.61. The number of rotatable bonds is 5. The zero-order valence-electron chi connectivity index (χ0n) is 16.3. The van der Waals surface area contributed by atoms with Gasteiger partial charge in [-0.3, -0.25) is 14.4 Å². The van der Waals surface area contributed by atoms with Crippen molar-refractivity contribution >= 4 is 29.2 Å². The molecule has 2 aromatic carbocycles.